The first-order valence-corrected chi connectivity index (χ1v) is 33.4. The molecule has 0 aromatic heterocycles. The van der Waals surface area contributed by atoms with E-state index in [9.17, 15) is 19.0 Å². The fourth-order valence-electron chi connectivity index (χ4n) is 8.34. The van der Waals surface area contributed by atoms with Crippen LogP contribution in [0.15, 0.2) is 134 Å². The molecule has 0 aliphatic carbocycles. The van der Waals surface area contributed by atoms with E-state index >= 15 is 0 Å². The Kier molecular flexibility index (Phi) is 56.9. The fourth-order valence-corrected chi connectivity index (χ4v) is 9.08. The number of allylic oxidation sites excluding steroid dienone is 22. The molecule has 2 unspecified atom stereocenters. The molecule has 9 nitrogen and oxygen atoms in total. The Morgan fingerprint density at radius 3 is 1.00 bits per heavy atom. The van der Waals surface area contributed by atoms with Gasteiger partial charge in [0.05, 0.1) is 27.7 Å². The van der Waals surface area contributed by atoms with Crippen LogP contribution in [0.2, 0.25) is 0 Å². The second-order valence-corrected chi connectivity index (χ2v) is 23.5. The van der Waals surface area contributed by atoms with Crippen LogP contribution in [0, 0.1) is 0 Å². The number of unbranched alkanes of at least 4 members (excludes halogenated alkanes) is 21. The first-order chi connectivity index (χ1) is 39.0. The van der Waals surface area contributed by atoms with Crippen LogP contribution in [0.4, 0.5) is 0 Å². The van der Waals surface area contributed by atoms with Crippen molar-refractivity contribution in [2.45, 2.75) is 251 Å². The van der Waals surface area contributed by atoms with Gasteiger partial charge in [-0.15, -0.1) is 0 Å². The first kappa shape index (κ1) is 76.1. The lowest BCUT2D eigenvalue weighted by Crippen LogP contribution is -2.37. The Morgan fingerprint density at radius 2 is 0.675 bits per heavy atom. The van der Waals surface area contributed by atoms with Crippen molar-refractivity contribution in [1.82, 2.24) is 0 Å². The Morgan fingerprint density at radius 1 is 0.388 bits per heavy atom. The minimum Gasteiger partial charge on any atom is -0.462 e. The molecule has 0 saturated heterocycles. The monoisotopic (exact) mass is 1130 g/mol. The van der Waals surface area contributed by atoms with Gasteiger partial charge >= 0.3 is 19.8 Å². The smallest absolute Gasteiger partial charge is 0.462 e. The summed E-state index contributed by atoms with van der Waals surface area (Å²) in [6.45, 7) is 4.17. The molecular formula is C70H119NO8P+. The van der Waals surface area contributed by atoms with Gasteiger partial charge in [0.15, 0.2) is 6.10 Å². The van der Waals surface area contributed by atoms with Crippen LogP contribution in [0.5, 0.6) is 0 Å². The van der Waals surface area contributed by atoms with E-state index in [1.54, 1.807) is 0 Å². The van der Waals surface area contributed by atoms with Gasteiger partial charge in [0, 0.05) is 12.8 Å². The van der Waals surface area contributed by atoms with E-state index in [4.69, 9.17) is 18.5 Å². The molecule has 2 atom stereocenters. The largest absolute Gasteiger partial charge is 0.472 e. The average molecular weight is 1130 g/mol. The number of phosphoric ester groups is 1. The number of quaternary nitrogens is 1. The van der Waals surface area contributed by atoms with Crippen LogP contribution >= 0.6 is 7.82 Å². The molecule has 10 heteroatoms. The minimum absolute atomic E-state index is 0.0202. The second-order valence-electron chi connectivity index (χ2n) is 22.0. The van der Waals surface area contributed by atoms with Gasteiger partial charge in [-0.3, -0.25) is 18.6 Å². The molecule has 80 heavy (non-hydrogen) atoms. The van der Waals surface area contributed by atoms with E-state index in [0.717, 1.165) is 116 Å². The van der Waals surface area contributed by atoms with Gasteiger partial charge < -0.3 is 18.9 Å². The molecule has 0 rings (SSSR count). The lowest BCUT2D eigenvalue weighted by molar-refractivity contribution is -0.870. The highest BCUT2D eigenvalue weighted by atomic mass is 31.2. The van der Waals surface area contributed by atoms with Gasteiger partial charge in [0.1, 0.15) is 19.8 Å². The third-order valence-corrected chi connectivity index (χ3v) is 14.2. The molecule has 456 valence electrons. The second kappa shape index (κ2) is 59.8. The van der Waals surface area contributed by atoms with Crippen molar-refractivity contribution in [3.63, 3.8) is 0 Å². The van der Waals surface area contributed by atoms with Crippen molar-refractivity contribution in [2.24, 2.45) is 0 Å². The molecule has 0 aromatic carbocycles. The highest BCUT2D eigenvalue weighted by Gasteiger charge is 2.27. The standard InChI is InChI=1S/C70H118NO8P/c1-6-8-10-12-14-16-18-20-22-24-26-28-30-31-32-33-34-35-36-37-38-39-41-42-44-46-48-50-52-54-56-58-60-62-69(72)76-66-68(67-78-80(74,75)77-65-64-71(3,4)5)79-70(73)63-61-59-57-55-53-51-49-47-45-43-40-29-27-25-23-21-19-17-15-13-11-9-7-2/h8-11,14-17,20-23,26-29,31-32,43,45,49,51,68H,6-7,12-13,18-19,24-25,30,33-42,44,46-48,50,52-67H2,1-5H3/p+1/b10-8-,11-9-,16-14-,17-15-,22-20-,23-21-,28-26-,29-27-,32-31-,45-43-,51-49-. The number of hydrogen-bond donors (Lipinski definition) is 1. The minimum atomic E-state index is -4.40. The van der Waals surface area contributed by atoms with Gasteiger partial charge in [-0.05, 0) is 109 Å². The summed E-state index contributed by atoms with van der Waals surface area (Å²) in [6.07, 6.45) is 86.8. The molecule has 0 saturated carbocycles. The molecule has 0 heterocycles. The number of phosphoric acid groups is 1. The molecule has 1 N–H and O–H groups in total. The van der Waals surface area contributed by atoms with Gasteiger partial charge in [0.2, 0.25) is 0 Å². The molecule has 0 bridgehead atoms. The van der Waals surface area contributed by atoms with E-state index in [1.165, 1.54) is 96.3 Å². The number of carbonyl (C=O) groups is 2. The molecule has 0 aromatic rings. The lowest BCUT2D eigenvalue weighted by atomic mass is 10.0. The SMILES string of the molecule is CC/C=C\C/C=C\C/C=C\C/C=C\C/C=C\C/C=C\CCCCCCC(=O)OC(COC(=O)CCCCCCCCCCCCCCCCCCC/C=C\C/C=C\C/C=C\C/C=C\C/C=C\CC)COP(=O)(O)OCC[N+](C)(C)C. The summed E-state index contributed by atoms with van der Waals surface area (Å²) in [5, 5.41) is 0. The normalized spacial score (nSPS) is 14.1. The summed E-state index contributed by atoms with van der Waals surface area (Å²) in [6, 6.07) is 0. The summed E-state index contributed by atoms with van der Waals surface area (Å²) in [7, 11) is 1.45. The Balaban J connectivity index is 4.13. The summed E-state index contributed by atoms with van der Waals surface area (Å²) in [5.41, 5.74) is 0. The molecule has 0 aliphatic rings. The van der Waals surface area contributed by atoms with Crippen molar-refractivity contribution in [3.8, 4) is 0 Å². The van der Waals surface area contributed by atoms with Crippen LogP contribution in [0.3, 0.4) is 0 Å². The summed E-state index contributed by atoms with van der Waals surface area (Å²) in [4.78, 5) is 35.8. The van der Waals surface area contributed by atoms with Crippen molar-refractivity contribution >= 4 is 19.8 Å². The zero-order valence-electron chi connectivity index (χ0n) is 51.8. The number of rotatable bonds is 57. The number of likely N-dealkylation sites (N-methyl/N-ethyl adjacent to an activating group) is 1. The fraction of sp³-hybridized carbons (Fsp3) is 0.657. The van der Waals surface area contributed by atoms with E-state index in [-0.39, 0.29) is 32.0 Å². The van der Waals surface area contributed by atoms with Crippen LogP contribution in [0.1, 0.15) is 245 Å². The number of ether oxygens (including phenoxy) is 2. The zero-order chi connectivity index (χ0) is 58.4. The maximum absolute atomic E-state index is 12.8. The van der Waals surface area contributed by atoms with Gasteiger partial charge in [-0.25, -0.2) is 4.57 Å². The molecule has 0 fully saturated rings. The van der Waals surface area contributed by atoms with Crippen molar-refractivity contribution < 1.29 is 42.1 Å². The van der Waals surface area contributed by atoms with Crippen molar-refractivity contribution in [2.75, 3.05) is 47.5 Å². The number of hydrogen-bond acceptors (Lipinski definition) is 7. The Hall–Kier alpha value is -3.85. The van der Waals surface area contributed by atoms with Crippen LogP contribution in [-0.4, -0.2) is 74.9 Å². The maximum atomic E-state index is 12.8. The number of nitrogens with zero attached hydrogens (tertiary/aromatic N) is 1. The highest BCUT2D eigenvalue weighted by Crippen LogP contribution is 2.43. The molecule has 0 spiro atoms. The van der Waals surface area contributed by atoms with E-state index in [2.05, 4.69) is 148 Å². The van der Waals surface area contributed by atoms with Gasteiger partial charge in [0.25, 0.3) is 0 Å². The predicted molar refractivity (Wildman–Crippen MR) is 344 cm³/mol. The summed E-state index contributed by atoms with van der Waals surface area (Å²) in [5.74, 6) is -0.830. The van der Waals surface area contributed by atoms with Gasteiger partial charge in [-0.2, -0.15) is 0 Å². The summed E-state index contributed by atoms with van der Waals surface area (Å²) < 4.78 is 34.6. The summed E-state index contributed by atoms with van der Waals surface area (Å²) >= 11 is 0. The van der Waals surface area contributed by atoms with Crippen molar-refractivity contribution in [3.05, 3.63) is 134 Å². The maximum Gasteiger partial charge on any atom is 0.472 e. The van der Waals surface area contributed by atoms with Crippen LogP contribution in [-0.2, 0) is 32.7 Å². The predicted octanol–water partition coefficient (Wildman–Crippen LogP) is 20.5. The molecule has 0 amide bonds. The zero-order valence-corrected chi connectivity index (χ0v) is 52.7. The van der Waals surface area contributed by atoms with Gasteiger partial charge in [-0.1, -0.05) is 257 Å². The number of carbonyl (C=O) groups excluding carboxylic acids is 2. The number of esters is 2. The van der Waals surface area contributed by atoms with E-state index < -0.39 is 26.5 Å². The van der Waals surface area contributed by atoms with Crippen LogP contribution in [0.25, 0.3) is 0 Å². The quantitative estimate of drug-likeness (QED) is 0.0211. The molecular weight excluding hydrogens is 1010 g/mol. The van der Waals surface area contributed by atoms with E-state index in [1.807, 2.05) is 21.1 Å². The van der Waals surface area contributed by atoms with Crippen molar-refractivity contribution in [1.29, 1.82) is 0 Å². The lowest BCUT2D eigenvalue weighted by Gasteiger charge is -2.24. The molecule has 0 radical (unpaired) electrons. The highest BCUT2D eigenvalue weighted by molar-refractivity contribution is 7.47. The first-order valence-electron chi connectivity index (χ1n) is 31.9. The third-order valence-electron chi connectivity index (χ3n) is 13.2. The average Bonchev–Trinajstić information content (AvgIpc) is 3.42. The topological polar surface area (TPSA) is 108 Å². The third kappa shape index (κ3) is 63.3. The van der Waals surface area contributed by atoms with E-state index in [0.29, 0.717) is 17.4 Å². The Labute approximate surface area is 491 Å². The van der Waals surface area contributed by atoms with Crippen LogP contribution < -0.4 is 0 Å². The molecule has 0 aliphatic heterocycles. The Bertz CT molecular complexity index is 1810.